The van der Waals surface area contributed by atoms with Crippen molar-refractivity contribution < 1.29 is 4.74 Å². The Morgan fingerprint density at radius 2 is 2.17 bits per heavy atom. The van der Waals surface area contributed by atoms with Gasteiger partial charge in [-0.1, -0.05) is 13.3 Å². The van der Waals surface area contributed by atoms with Crippen molar-refractivity contribution in [2.24, 2.45) is 0 Å². The summed E-state index contributed by atoms with van der Waals surface area (Å²) in [5.74, 6) is 1.03. The van der Waals surface area contributed by atoms with E-state index in [9.17, 15) is 0 Å². The largest absolute Gasteiger partial charge is 0.377 e. The number of likely N-dealkylation sites (N-methyl/N-ethyl adjacent to an activating group) is 1. The molecule has 0 saturated carbocycles. The maximum absolute atomic E-state index is 5.84. The summed E-state index contributed by atoms with van der Waals surface area (Å²) in [4.78, 5) is 4.33. The summed E-state index contributed by atoms with van der Waals surface area (Å²) in [6, 6.07) is 0.291. The standard InChI is InChI=1S/C13H26N4O/c1-5-8-12(18-7-3)11(14-4)9-13-15-10-16-17(13)6-2/h10-12,14H,5-9H2,1-4H3. The zero-order valence-corrected chi connectivity index (χ0v) is 12.0. The number of nitrogens with zero attached hydrogens (tertiary/aromatic N) is 3. The molecule has 104 valence electrons. The molecule has 0 radical (unpaired) electrons. The monoisotopic (exact) mass is 254 g/mol. The molecule has 1 rings (SSSR count). The van der Waals surface area contributed by atoms with Crippen molar-refractivity contribution in [1.82, 2.24) is 20.1 Å². The van der Waals surface area contributed by atoms with Gasteiger partial charge in [-0.2, -0.15) is 5.10 Å². The smallest absolute Gasteiger partial charge is 0.138 e. The van der Waals surface area contributed by atoms with Gasteiger partial charge in [0.1, 0.15) is 12.2 Å². The highest BCUT2D eigenvalue weighted by molar-refractivity contribution is 4.92. The van der Waals surface area contributed by atoms with E-state index in [-0.39, 0.29) is 6.10 Å². The van der Waals surface area contributed by atoms with Crippen LogP contribution in [0.15, 0.2) is 6.33 Å². The predicted molar refractivity (Wildman–Crippen MR) is 72.6 cm³/mol. The maximum Gasteiger partial charge on any atom is 0.138 e. The number of hydrogen-bond acceptors (Lipinski definition) is 4. The first-order valence-corrected chi connectivity index (χ1v) is 6.92. The van der Waals surface area contributed by atoms with E-state index in [1.54, 1.807) is 6.33 Å². The van der Waals surface area contributed by atoms with Crippen molar-refractivity contribution in [2.75, 3.05) is 13.7 Å². The van der Waals surface area contributed by atoms with Crippen molar-refractivity contribution >= 4 is 0 Å². The Morgan fingerprint density at radius 3 is 2.72 bits per heavy atom. The van der Waals surface area contributed by atoms with E-state index in [0.29, 0.717) is 6.04 Å². The van der Waals surface area contributed by atoms with Gasteiger partial charge in [0.05, 0.1) is 6.10 Å². The molecule has 0 amide bonds. The third-order valence-corrected chi connectivity index (χ3v) is 3.17. The highest BCUT2D eigenvalue weighted by Gasteiger charge is 2.21. The van der Waals surface area contributed by atoms with Crippen LogP contribution in [0.2, 0.25) is 0 Å². The zero-order chi connectivity index (χ0) is 13.4. The molecule has 0 aliphatic carbocycles. The zero-order valence-electron chi connectivity index (χ0n) is 12.0. The molecule has 1 aromatic rings. The Hall–Kier alpha value is -0.940. The summed E-state index contributed by atoms with van der Waals surface area (Å²) in [6.07, 6.45) is 4.92. The molecule has 0 aliphatic heterocycles. The van der Waals surface area contributed by atoms with E-state index < -0.39 is 0 Å². The Labute approximate surface area is 110 Å². The first-order chi connectivity index (χ1) is 8.76. The first-order valence-electron chi connectivity index (χ1n) is 6.92. The lowest BCUT2D eigenvalue weighted by Crippen LogP contribution is -2.41. The molecule has 0 spiro atoms. The average Bonchev–Trinajstić information content (AvgIpc) is 2.83. The molecule has 5 heteroatoms. The SMILES string of the molecule is CCCC(OCC)C(Cc1ncnn1CC)NC. The minimum absolute atomic E-state index is 0.243. The van der Waals surface area contributed by atoms with E-state index in [0.717, 1.165) is 38.2 Å². The second-order valence-electron chi connectivity index (χ2n) is 4.37. The third kappa shape index (κ3) is 4.07. The summed E-state index contributed by atoms with van der Waals surface area (Å²) >= 11 is 0. The van der Waals surface area contributed by atoms with Gasteiger partial charge in [-0.05, 0) is 27.3 Å². The lowest BCUT2D eigenvalue weighted by molar-refractivity contribution is 0.0293. The number of rotatable bonds is 9. The summed E-state index contributed by atoms with van der Waals surface area (Å²) < 4.78 is 7.78. The van der Waals surface area contributed by atoms with Crippen LogP contribution in [0.5, 0.6) is 0 Å². The van der Waals surface area contributed by atoms with Crippen LogP contribution in [-0.2, 0) is 17.7 Å². The number of nitrogens with one attached hydrogen (secondary N) is 1. The van der Waals surface area contributed by atoms with E-state index in [2.05, 4.69) is 29.2 Å². The van der Waals surface area contributed by atoms with Crippen LogP contribution >= 0.6 is 0 Å². The van der Waals surface area contributed by atoms with E-state index in [4.69, 9.17) is 4.74 Å². The van der Waals surface area contributed by atoms with Gasteiger partial charge in [0.15, 0.2) is 0 Å². The molecule has 0 saturated heterocycles. The normalized spacial score (nSPS) is 14.7. The number of hydrogen-bond donors (Lipinski definition) is 1. The number of aromatic nitrogens is 3. The number of ether oxygens (including phenoxy) is 1. The van der Waals surface area contributed by atoms with Gasteiger partial charge in [-0.25, -0.2) is 4.98 Å². The molecule has 2 atom stereocenters. The van der Waals surface area contributed by atoms with Crippen molar-refractivity contribution in [3.8, 4) is 0 Å². The Balaban J connectivity index is 2.69. The summed E-state index contributed by atoms with van der Waals surface area (Å²) in [5, 5.41) is 7.57. The Kier molecular flexibility index (Phi) is 6.90. The molecular weight excluding hydrogens is 228 g/mol. The van der Waals surface area contributed by atoms with Crippen LogP contribution in [0, 0.1) is 0 Å². The van der Waals surface area contributed by atoms with Gasteiger partial charge in [-0.15, -0.1) is 0 Å². The molecule has 0 bridgehead atoms. The fourth-order valence-electron chi connectivity index (χ4n) is 2.23. The summed E-state index contributed by atoms with van der Waals surface area (Å²) in [5.41, 5.74) is 0. The van der Waals surface area contributed by atoms with Crippen LogP contribution < -0.4 is 5.32 Å². The molecule has 18 heavy (non-hydrogen) atoms. The van der Waals surface area contributed by atoms with Crippen LogP contribution in [0.25, 0.3) is 0 Å². The van der Waals surface area contributed by atoms with Crippen molar-refractivity contribution in [2.45, 2.75) is 58.7 Å². The minimum Gasteiger partial charge on any atom is -0.377 e. The minimum atomic E-state index is 0.243. The van der Waals surface area contributed by atoms with Crippen LogP contribution in [-0.4, -0.2) is 40.6 Å². The van der Waals surface area contributed by atoms with Crippen LogP contribution in [0.3, 0.4) is 0 Å². The van der Waals surface area contributed by atoms with Gasteiger partial charge in [0.2, 0.25) is 0 Å². The molecule has 0 fully saturated rings. The molecule has 1 heterocycles. The van der Waals surface area contributed by atoms with Gasteiger partial charge in [-0.3, -0.25) is 4.68 Å². The molecule has 1 N–H and O–H groups in total. The third-order valence-electron chi connectivity index (χ3n) is 3.17. The molecule has 1 aromatic heterocycles. The summed E-state index contributed by atoms with van der Waals surface area (Å²) in [7, 11) is 1.99. The second-order valence-corrected chi connectivity index (χ2v) is 4.37. The highest BCUT2D eigenvalue weighted by Crippen LogP contribution is 2.11. The predicted octanol–water partition coefficient (Wildman–Crippen LogP) is 1.63. The van der Waals surface area contributed by atoms with Gasteiger partial charge in [0, 0.05) is 25.6 Å². The van der Waals surface area contributed by atoms with Crippen molar-refractivity contribution in [1.29, 1.82) is 0 Å². The van der Waals surface area contributed by atoms with Gasteiger partial charge < -0.3 is 10.1 Å². The fourth-order valence-corrected chi connectivity index (χ4v) is 2.23. The summed E-state index contributed by atoms with van der Waals surface area (Å²) in [6.45, 7) is 7.93. The first kappa shape index (κ1) is 15.1. The van der Waals surface area contributed by atoms with Crippen LogP contribution in [0.1, 0.15) is 39.4 Å². The van der Waals surface area contributed by atoms with E-state index in [1.165, 1.54) is 0 Å². The van der Waals surface area contributed by atoms with E-state index in [1.807, 2.05) is 18.7 Å². The lowest BCUT2D eigenvalue weighted by atomic mass is 10.0. The molecule has 0 aromatic carbocycles. The Bertz CT molecular complexity index is 321. The highest BCUT2D eigenvalue weighted by atomic mass is 16.5. The van der Waals surface area contributed by atoms with Gasteiger partial charge >= 0.3 is 0 Å². The topological polar surface area (TPSA) is 52.0 Å². The number of aryl methyl sites for hydroxylation is 1. The average molecular weight is 254 g/mol. The van der Waals surface area contributed by atoms with Crippen LogP contribution in [0.4, 0.5) is 0 Å². The maximum atomic E-state index is 5.84. The molecule has 2 unspecified atom stereocenters. The quantitative estimate of drug-likeness (QED) is 0.728. The van der Waals surface area contributed by atoms with Crippen molar-refractivity contribution in [3.05, 3.63) is 12.2 Å². The fraction of sp³-hybridized carbons (Fsp3) is 0.846. The molecule has 5 nitrogen and oxygen atoms in total. The van der Waals surface area contributed by atoms with Crippen molar-refractivity contribution in [3.63, 3.8) is 0 Å². The lowest BCUT2D eigenvalue weighted by Gasteiger charge is -2.26. The Morgan fingerprint density at radius 1 is 1.39 bits per heavy atom. The second kappa shape index (κ2) is 8.21. The molecular formula is C13H26N4O. The van der Waals surface area contributed by atoms with E-state index >= 15 is 0 Å². The molecule has 0 aliphatic rings. The van der Waals surface area contributed by atoms with Gasteiger partial charge in [0.25, 0.3) is 0 Å².